The fourth-order valence-electron chi connectivity index (χ4n) is 7.99. The zero-order valence-electron chi connectivity index (χ0n) is 15.0. The van der Waals surface area contributed by atoms with Crippen molar-refractivity contribution in [3.63, 3.8) is 0 Å². The standard InChI is InChI=1S/C21H35F/c1-4-15-7-8-17-16-9-14-21(22)12-6-5-11-20(21,3)18(16)10-13-19(15,17)2/h15-18H,4-14H2,1-3H3. The maximum absolute atomic E-state index is 15.8. The Labute approximate surface area is 136 Å². The number of halogens is 1. The summed E-state index contributed by atoms with van der Waals surface area (Å²) in [5, 5.41) is 0. The molecule has 0 aromatic heterocycles. The molecule has 4 rings (SSSR count). The Morgan fingerprint density at radius 1 is 0.864 bits per heavy atom. The SMILES string of the molecule is CCC1CCC2C3CCC4(F)CCCCC4(C)C3CCC12C. The predicted molar refractivity (Wildman–Crippen MR) is 90.5 cm³/mol. The van der Waals surface area contributed by atoms with Crippen LogP contribution in [0.25, 0.3) is 0 Å². The third-order valence-electron chi connectivity index (χ3n) is 9.36. The van der Waals surface area contributed by atoms with Gasteiger partial charge in [0.1, 0.15) is 5.67 Å². The van der Waals surface area contributed by atoms with E-state index in [9.17, 15) is 0 Å². The van der Waals surface area contributed by atoms with Gasteiger partial charge in [-0.2, -0.15) is 0 Å². The highest BCUT2D eigenvalue weighted by Crippen LogP contribution is 2.69. The highest BCUT2D eigenvalue weighted by atomic mass is 19.1. The van der Waals surface area contributed by atoms with Crippen molar-refractivity contribution in [3.8, 4) is 0 Å². The number of alkyl halides is 1. The van der Waals surface area contributed by atoms with Gasteiger partial charge in [-0.25, -0.2) is 4.39 Å². The van der Waals surface area contributed by atoms with Crippen LogP contribution in [0.4, 0.5) is 4.39 Å². The van der Waals surface area contributed by atoms with Crippen molar-refractivity contribution in [2.45, 2.75) is 97.1 Å². The Morgan fingerprint density at radius 2 is 1.64 bits per heavy atom. The maximum Gasteiger partial charge on any atom is 0.116 e. The molecule has 0 saturated heterocycles. The molecule has 4 fully saturated rings. The number of fused-ring (bicyclic) bond motifs is 5. The zero-order valence-corrected chi connectivity index (χ0v) is 15.0. The van der Waals surface area contributed by atoms with Crippen molar-refractivity contribution in [1.29, 1.82) is 0 Å². The smallest absolute Gasteiger partial charge is 0.116 e. The lowest BCUT2D eigenvalue weighted by molar-refractivity contribution is -0.168. The van der Waals surface area contributed by atoms with E-state index in [4.69, 9.17) is 0 Å². The van der Waals surface area contributed by atoms with Gasteiger partial charge in [-0.05, 0) is 80.5 Å². The normalized spacial score (nSPS) is 57.8. The molecule has 0 N–H and O–H groups in total. The van der Waals surface area contributed by atoms with E-state index in [1.54, 1.807) is 0 Å². The van der Waals surface area contributed by atoms with E-state index in [1.165, 1.54) is 44.9 Å². The molecule has 0 aromatic carbocycles. The van der Waals surface area contributed by atoms with Gasteiger partial charge in [0.15, 0.2) is 0 Å². The quantitative estimate of drug-likeness (QED) is 0.516. The van der Waals surface area contributed by atoms with Crippen LogP contribution in [0.5, 0.6) is 0 Å². The van der Waals surface area contributed by atoms with E-state index >= 15 is 4.39 Å². The van der Waals surface area contributed by atoms with Crippen LogP contribution in [0, 0.1) is 34.5 Å². The van der Waals surface area contributed by atoms with Crippen molar-refractivity contribution in [1.82, 2.24) is 0 Å². The summed E-state index contributed by atoms with van der Waals surface area (Å²) >= 11 is 0. The third kappa shape index (κ3) is 1.80. The Hall–Kier alpha value is -0.0700. The van der Waals surface area contributed by atoms with Gasteiger partial charge < -0.3 is 0 Å². The topological polar surface area (TPSA) is 0 Å². The van der Waals surface area contributed by atoms with Gasteiger partial charge in [0.2, 0.25) is 0 Å². The zero-order chi connectivity index (χ0) is 15.6. The number of rotatable bonds is 1. The van der Waals surface area contributed by atoms with E-state index in [0.29, 0.717) is 11.3 Å². The van der Waals surface area contributed by atoms with E-state index in [1.807, 2.05) is 0 Å². The van der Waals surface area contributed by atoms with Crippen molar-refractivity contribution in [2.75, 3.05) is 0 Å². The van der Waals surface area contributed by atoms with Crippen LogP contribution >= 0.6 is 0 Å². The van der Waals surface area contributed by atoms with Gasteiger partial charge in [-0.1, -0.05) is 40.0 Å². The molecule has 0 radical (unpaired) electrons. The molecule has 0 aromatic rings. The molecule has 4 saturated carbocycles. The number of hydrogen-bond acceptors (Lipinski definition) is 0. The first-order valence-electron chi connectivity index (χ1n) is 10.1. The summed E-state index contributed by atoms with van der Waals surface area (Å²) in [7, 11) is 0. The van der Waals surface area contributed by atoms with Gasteiger partial charge in [-0.15, -0.1) is 0 Å². The molecule has 126 valence electrons. The first kappa shape index (κ1) is 15.5. The van der Waals surface area contributed by atoms with Crippen LogP contribution in [-0.2, 0) is 0 Å². The van der Waals surface area contributed by atoms with Gasteiger partial charge >= 0.3 is 0 Å². The second-order valence-electron chi connectivity index (χ2n) is 9.73. The largest absolute Gasteiger partial charge is 0.243 e. The molecule has 1 heteroatoms. The fourth-order valence-corrected chi connectivity index (χ4v) is 7.99. The lowest BCUT2D eigenvalue weighted by atomic mass is 9.44. The van der Waals surface area contributed by atoms with Crippen molar-refractivity contribution in [2.24, 2.45) is 34.5 Å². The molecule has 7 unspecified atom stereocenters. The molecule has 4 aliphatic carbocycles. The molecule has 0 heterocycles. The molecule has 0 aliphatic heterocycles. The minimum absolute atomic E-state index is 0.000200. The summed E-state index contributed by atoms with van der Waals surface area (Å²) in [6, 6.07) is 0. The fraction of sp³-hybridized carbons (Fsp3) is 1.00. The molecule has 0 bridgehead atoms. The summed E-state index contributed by atoms with van der Waals surface area (Å²) in [5.41, 5.74) is -0.250. The average Bonchev–Trinajstić information content (AvgIpc) is 2.84. The highest BCUT2D eigenvalue weighted by molar-refractivity contribution is 5.13. The first-order valence-corrected chi connectivity index (χ1v) is 10.1. The monoisotopic (exact) mass is 306 g/mol. The molecule has 22 heavy (non-hydrogen) atoms. The minimum Gasteiger partial charge on any atom is -0.243 e. The Bertz CT molecular complexity index is 445. The van der Waals surface area contributed by atoms with Crippen molar-refractivity contribution >= 4 is 0 Å². The van der Waals surface area contributed by atoms with Crippen LogP contribution in [0.3, 0.4) is 0 Å². The second-order valence-corrected chi connectivity index (χ2v) is 9.73. The van der Waals surface area contributed by atoms with E-state index in [0.717, 1.165) is 43.4 Å². The summed E-state index contributed by atoms with van der Waals surface area (Å²) < 4.78 is 15.8. The van der Waals surface area contributed by atoms with Gasteiger partial charge in [-0.3, -0.25) is 0 Å². The van der Waals surface area contributed by atoms with Crippen LogP contribution in [0.15, 0.2) is 0 Å². The number of hydrogen-bond donors (Lipinski definition) is 0. The van der Waals surface area contributed by atoms with E-state index in [-0.39, 0.29) is 5.41 Å². The summed E-state index contributed by atoms with van der Waals surface area (Å²) in [6.07, 6.45) is 13.4. The minimum atomic E-state index is -0.830. The molecule has 0 spiro atoms. The van der Waals surface area contributed by atoms with Gasteiger partial charge in [0.05, 0.1) is 0 Å². The second kappa shape index (κ2) is 4.96. The Morgan fingerprint density at radius 3 is 2.41 bits per heavy atom. The van der Waals surface area contributed by atoms with Crippen LogP contribution < -0.4 is 0 Å². The Balaban J connectivity index is 1.66. The lowest BCUT2D eigenvalue weighted by Gasteiger charge is -2.62. The first-order chi connectivity index (χ1) is 10.4. The summed E-state index contributed by atoms with van der Waals surface area (Å²) in [6.45, 7) is 7.33. The molecule has 0 amide bonds. The lowest BCUT2D eigenvalue weighted by Crippen LogP contribution is -2.59. The van der Waals surface area contributed by atoms with Crippen LogP contribution in [0.1, 0.15) is 91.4 Å². The highest BCUT2D eigenvalue weighted by Gasteiger charge is 2.64. The third-order valence-corrected chi connectivity index (χ3v) is 9.36. The summed E-state index contributed by atoms with van der Waals surface area (Å²) in [5.74, 6) is 3.36. The van der Waals surface area contributed by atoms with E-state index in [2.05, 4.69) is 20.8 Å². The molecular weight excluding hydrogens is 271 g/mol. The maximum atomic E-state index is 15.8. The predicted octanol–water partition coefficient (Wildman–Crippen LogP) is 6.54. The van der Waals surface area contributed by atoms with Gasteiger partial charge in [0, 0.05) is 5.41 Å². The van der Waals surface area contributed by atoms with Crippen LogP contribution in [0.2, 0.25) is 0 Å². The average molecular weight is 307 g/mol. The molecular formula is C21H35F. The van der Waals surface area contributed by atoms with E-state index < -0.39 is 5.67 Å². The van der Waals surface area contributed by atoms with Crippen molar-refractivity contribution in [3.05, 3.63) is 0 Å². The van der Waals surface area contributed by atoms with Crippen LogP contribution in [-0.4, -0.2) is 5.67 Å². The summed E-state index contributed by atoms with van der Waals surface area (Å²) in [4.78, 5) is 0. The Kier molecular flexibility index (Phi) is 3.49. The van der Waals surface area contributed by atoms with Gasteiger partial charge in [0.25, 0.3) is 0 Å². The van der Waals surface area contributed by atoms with Crippen molar-refractivity contribution < 1.29 is 4.39 Å². The molecule has 4 aliphatic rings. The molecule has 0 nitrogen and oxygen atoms in total. The molecule has 7 atom stereocenters.